The highest BCUT2D eigenvalue weighted by atomic mass is 16.3. The number of hydrogen-bond donors (Lipinski definition) is 2. The molecule has 0 aromatic carbocycles. The number of nitrogens with one attached hydrogen (secondary N) is 1. The molecule has 1 rings (SSSR count). The SMILES string of the molecule is C#Cc1cnc(NCCO)nc1. The van der Waals surface area contributed by atoms with E-state index in [4.69, 9.17) is 11.5 Å². The number of aliphatic hydroxyl groups is 1. The average Bonchev–Trinajstić information content (AvgIpc) is 2.15. The van der Waals surface area contributed by atoms with E-state index in [2.05, 4.69) is 21.2 Å². The van der Waals surface area contributed by atoms with Crippen LogP contribution in [-0.4, -0.2) is 28.2 Å². The van der Waals surface area contributed by atoms with Crippen LogP contribution in [0.25, 0.3) is 0 Å². The Labute approximate surface area is 70.7 Å². The molecule has 0 aliphatic carbocycles. The van der Waals surface area contributed by atoms with Gasteiger partial charge in [0.2, 0.25) is 5.95 Å². The molecule has 0 aliphatic rings. The van der Waals surface area contributed by atoms with Gasteiger partial charge in [0.1, 0.15) is 0 Å². The lowest BCUT2D eigenvalue weighted by Gasteiger charge is -2.00. The summed E-state index contributed by atoms with van der Waals surface area (Å²) >= 11 is 0. The molecule has 0 amide bonds. The highest BCUT2D eigenvalue weighted by Gasteiger charge is 1.92. The van der Waals surface area contributed by atoms with Gasteiger partial charge in [0.15, 0.2) is 0 Å². The van der Waals surface area contributed by atoms with Crippen LogP contribution in [0.3, 0.4) is 0 Å². The number of aliphatic hydroxyl groups excluding tert-OH is 1. The van der Waals surface area contributed by atoms with Crippen molar-refractivity contribution in [3.63, 3.8) is 0 Å². The second-order valence-electron chi connectivity index (χ2n) is 2.09. The minimum absolute atomic E-state index is 0.0558. The molecular weight excluding hydrogens is 154 g/mol. The maximum atomic E-state index is 8.48. The summed E-state index contributed by atoms with van der Waals surface area (Å²) in [6, 6.07) is 0. The minimum Gasteiger partial charge on any atom is -0.395 e. The fourth-order valence-corrected chi connectivity index (χ4v) is 0.662. The van der Waals surface area contributed by atoms with Crippen LogP contribution >= 0.6 is 0 Å². The van der Waals surface area contributed by atoms with Crippen molar-refractivity contribution in [2.24, 2.45) is 0 Å². The van der Waals surface area contributed by atoms with Gasteiger partial charge in [-0.15, -0.1) is 6.42 Å². The van der Waals surface area contributed by atoms with E-state index in [1.165, 1.54) is 0 Å². The second kappa shape index (κ2) is 4.31. The van der Waals surface area contributed by atoms with Crippen LogP contribution in [-0.2, 0) is 0 Å². The van der Waals surface area contributed by atoms with E-state index in [0.717, 1.165) is 0 Å². The van der Waals surface area contributed by atoms with Crippen LogP contribution in [0.15, 0.2) is 12.4 Å². The number of terminal acetylenes is 1. The third-order valence-corrected chi connectivity index (χ3v) is 1.21. The van der Waals surface area contributed by atoms with Crippen LogP contribution in [0, 0.1) is 12.3 Å². The number of hydrogen-bond acceptors (Lipinski definition) is 4. The zero-order chi connectivity index (χ0) is 8.81. The monoisotopic (exact) mass is 163 g/mol. The van der Waals surface area contributed by atoms with Gasteiger partial charge in [-0.05, 0) is 0 Å². The standard InChI is InChI=1S/C8H9N3O/c1-2-7-5-10-8(11-6-7)9-3-4-12/h1,5-6,12H,3-4H2,(H,9,10,11). The Morgan fingerprint density at radius 2 is 2.17 bits per heavy atom. The van der Waals surface area contributed by atoms with Crippen LogP contribution in [0.2, 0.25) is 0 Å². The van der Waals surface area contributed by atoms with Crippen LogP contribution in [0.4, 0.5) is 5.95 Å². The molecule has 0 unspecified atom stereocenters. The number of rotatable bonds is 3. The first-order valence-electron chi connectivity index (χ1n) is 3.50. The third-order valence-electron chi connectivity index (χ3n) is 1.21. The number of nitrogens with zero attached hydrogens (tertiary/aromatic N) is 2. The van der Waals surface area contributed by atoms with Gasteiger partial charge < -0.3 is 10.4 Å². The normalized spacial score (nSPS) is 9.00. The van der Waals surface area contributed by atoms with Crippen molar-refractivity contribution in [1.82, 2.24) is 9.97 Å². The third kappa shape index (κ3) is 2.22. The van der Waals surface area contributed by atoms with E-state index in [-0.39, 0.29) is 6.61 Å². The second-order valence-corrected chi connectivity index (χ2v) is 2.09. The lowest BCUT2D eigenvalue weighted by Crippen LogP contribution is -2.08. The van der Waals surface area contributed by atoms with E-state index in [1.54, 1.807) is 12.4 Å². The van der Waals surface area contributed by atoms with E-state index >= 15 is 0 Å². The molecule has 12 heavy (non-hydrogen) atoms. The van der Waals surface area contributed by atoms with Crippen molar-refractivity contribution in [3.05, 3.63) is 18.0 Å². The summed E-state index contributed by atoms with van der Waals surface area (Å²) in [4.78, 5) is 7.82. The molecule has 0 aliphatic heterocycles. The van der Waals surface area contributed by atoms with Crippen LogP contribution in [0.1, 0.15) is 5.56 Å². The van der Waals surface area contributed by atoms with Gasteiger partial charge in [-0.2, -0.15) is 0 Å². The van der Waals surface area contributed by atoms with Crippen molar-refractivity contribution in [3.8, 4) is 12.3 Å². The molecule has 62 valence electrons. The predicted molar refractivity (Wildman–Crippen MR) is 45.5 cm³/mol. The summed E-state index contributed by atoms with van der Waals surface area (Å²) in [5.74, 6) is 2.88. The fourth-order valence-electron chi connectivity index (χ4n) is 0.662. The van der Waals surface area contributed by atoms with Gasteiger partial charge in [0.05, 0.1) is 12.2 Å². The quantitative estimate of drug-likeness (QED) is 0.609. The highest BCUT2D eigenvalue weighted by molar-refractivity contribution is 5.31. The Bertz CT molecular complexity index is 275. The summed E-state index contributed by atoms with van der Waals surface area (Å²) in [5, 5.41) is 11.3. The Morgan fingerprint density at radius 1 is 1.50 bits per heavy atom. The topological polar surface area (TPSA) is 58.0 Å². The zero-order valence-corrected chi connectivity index (χ0v) is 6.49. The molecule has 4 heteroatoms. The summed E-state index contributed by atoms with van der Waals surface area (Å²) in [7, 11) is 0. The molecule has 0 saturated heterocycles. The summed E-state index contributed by atoms with van der Waals surface area (Å²) in [6.07, 6.45) is 8.21. The van der Waals surface area contributed by atoms with E-state index in [9.17, 15) is 0 Å². The molecule has 0 radical (unpaired) electrons. The van der Waals surface area contributed by atoms with Gasteiger partial charge in [-0.3, -0.25) is 0 Å². The summed E-state index contributed by atoms with van der Waals surface area (Å²) in [5.41, 5.74) is 0.643. The fraction of sp³-hybridized carbons (Fsp3) is 0.250. The zero-order valence-electron chi connectivity index (χ0n) is 6.49. The molecule has 2 N–H and O–H groups in total. The first-order chi connectivity index (χ1) is 5.86. The summed E-state index contributed by atoms with van der Waals surface area (Å²) in [6.45, 7) is 0.496. The molecule has 0 fully saturated rings. The first-order valence-corrected chi connectivity index (χ1v) is 3.50. The van der Waals surface area contributed by atoms with Gasteiger partial charge in [-0.1, -0.05) is 5.92 Å². The smallest absolute Gasteiger partial charge is 0.222 e. The van der Waals surface area contributed by atoms with Crippen molar-refractivity contribution in [1.29, 1.82) is 0 Å². The Hall–Kier alpha value is -1.60. The molecule has 1 aromatic rings. The first kappa shape index (κ1) is 8.50. The Kier molecular flexibility index (Phi) is 3.05. The van der Waals surface area contributed by atoms with Crippen molar-refractivity contribution >= 4 is 5.95 Å². The van der Waals surface area contributed by atoms with Gasteiger partial charge in [0, 0.05) is 18.9 Å². The van der Waals surface area contributed by atoms with E-state index in [0.29, 0.717) is 18.1 Å². The van der Waals surface area contributed by atoms with Gasteiger partial charge in [0.25, 0.3) is 0 Å². The molecule has 4 nitrogen and oxygen atoms in total. The molecule has 0 spiro atoms. The van der Waals surface area contributed by atoms with Crippen molar-refractivity contribution in [2.75, 3.05) is 18.5 Å². The molecule has 1 heterocycles. The Morgan fingerprint density at radius 3 is 2.67 bits per heavy atom. The highest BCUT2D eigenvalue weighted by Crippen LogP contribution is 1.97. The molecule has 0 bridgehead atoms. The lowest BCUT2D eigenvalue weighted by molar-refractivity contribution is 0.311. The molecule has 0 saturated carbocycles. The molecule has 1 aromatic heterocycles. The van der Waals surface area contributed by atoms with Crippen molar-refractivity contribution < 1.29 is 5.11 Å². The average molecular weight is 163 g/mol. The maximum Gasteiger partial charge on any atom is 0.222 e. The molecule has 0 atom stereocenters. The van der Waals surface area contributed by atoms with Crippen LogP contribution < -0.4 is 5.32 Å². The van der Waals surface area contributed by atoms with Crippen LogP contribution in [0.5, 0.6) is 0 Å². The summed E-state index contributed by atoms with van der Waals surface area (Å²) < 4.78 is 0. The number of anilines is 1. The van der Waals surface area contributed by atoms with E-state index in [1.807, 2.05) is 0 Å². The largest absolute Gasteiger partial charge is 0.395 e. The maximum absolute atomic E-state index is 8.48. The van der Waals surface area contributed by atoms with Gasteiger partial charge in [-0.25, -0.2) is 9.97 Å². The minimum atomic E-state index is 0.0558. The Balaban J connectivity index is 2.60. The van der Waals surface area contributed by atoms with E-state index < -0.39 is 0 Å². The van der Waals surface area contributed by atoms with Gasteiger partial charge >= 0.3 is 0 Å². The molecular formula is C8H9N3O. The lowest BCUT2D eigenvalue weighted by atomic mass is 10.4. The number of aromatic nitrogens is 2. The van der Waals surface area contributed by atoms with Crippen molar-refractivity contribution in [2.45, 2.75) is 0 Å². The predicted octanol–water partition coefficient (Wildman–Crippen LogP) is -0.138.